The third-order valence-electron chi connectivity index (χ3n) is 4.88. The predicted octanol–water partition coefficient (Wildman–Crippen LogP) is 2.30. The number of hydrogen-bond acceptors (Lipinski definition) is 3. The number of likely N-dealkylation sites (tertiary alicyclic amines) is 1. The van der Waals surface area contributed by atoms with E-state index in [1.165, 1.54) is 12.8 Å². The number of rotatable bonds is 6. The monoisotopic (exact) mass is 341 g/mol. The van der Waals surface area contributed by atoms with Crippen molar-refractivity contribution < 1.29 is 9.90 Å². The standard InChI is InChI=1S/C20H27N3O2/c1-16-8-12-22(13-9-16)15-19(24)14-21-20(25)17-4-6-18(7-5-17)23-10-2-3-11-23/h2-7,10-11,16,19,24H,8-9,12-15H2,1H3,(H,21,25). The fourth-order valence-electron chi connectivity index (χ4n) is 3.21. The first kappa shape index (κ1) is 17.7. The quantitative estimate of drug-likeness (QED) is 0.848. The Hall–Kier alpha value is -2.11. The summed E-state index contributed by atoms with van der Waals surface area (Å²) in [5.41, 5.74) is 1.62. The fourth-order valence-corrected chi connectivity index (χ4v) is 3.21. The number of amides is 1. The molecule has 1 amide bonds. The van der Waals surface area contributed by atoms with Crippen LogP contribution in [0.1, 0.15) is 30.1 Å². The molecule has 134 valence electrons. The van der Waals surface area contributed by atoms with E-state index in [-0.39, 0.29) is 12.5 Å². The summed E-state index contributed by atoms with van der Waals surface area (Å²) in [6.07, 6.45) is 5.77. The highest BCUT2D eigenvalue weighted by molar-refractivity contribution is 5.94. The molecule has 0 bridgehead atoms. The molecule has 3 rings (SSSR count). The van der Waals surface area contributed by atoms with E-state index >= 15 is 0 Å². The van der Waals surface area contributed by atoms with Crippen LogP contribution in [0.25, 0.3) is 5.69 Å². The van der Waals surface area contributed by atoms with Gasteiger partial charge < -0.3 is 19.9 Å². The average molecular weight is 341 g/mol. The van der Waals surface area contributed by atoms with E-state index in [0.717, 1.165) is 24.7 Å². The molecule has 2 aromatic rings. The van der Waals surface area contributed by atoms with Crippen molar-refractivity contribution in [1.29, 1.82) is 0 Å². The molecular weight excluding hydrogens is 314 g/mol. The molecule has 1 aromatic carbocycles. The highest BCUT2D eigenvalue weighted by atomic mass is 16.3. The van der Waals surface area contributed by atoms with Crippen LogP contribution in [0.2, 0.25) is 0 Å². The number of aromatic nitrogens is 1. The second kappa shape index (κ2) is 8.32. The Labute approximate surface area is 149 Å². The second-order valence-corrected chi connectivity index (χ2v) is 6.98. The smallest absolute Gasteiger partial charge is 0.251 e. The molecule has 0 spiro atoms. The maximum Gasteiger partial charge on any atom is 0.251 e. The van der Waals surface area contributed by atoms with Crippen LogP contribution in [-0.2, 0) is 0 Å². The number of β-amino-alcohol motifs (C(OH)–C–C–N with tert-alkyl or cyclic N) is 1. The zero-order chi connectivity index (χ0) is 17.6. The summed E-state index contributed by atoms with van der Waals surface area (Å²) in [5.74, 6) is 0.632. The van der Waals surface area contributed by atoms with Gasteiger partial charge in [-0.3, -0.25) is 4.79 Å². The van der Waals surface area contributed by atoms with Gasteiger partial charge in [0.15, 0.2) is 0 Å². The Balaban J connectivity index is 1.45. The number of carbonyl (C=O) groups excluding carboxylic acids is 1. The molecule has 25 heavy (non-hydrogen) atoms. The fraction of sp³-hybridized carbons (Fsp3) is 0.450. The summed E-state index contributed by atoms with van der Waals surface area (Å²) in [6, 6.07) is 11.4. The van der Waals surface area contributed by atoms with E-state index in [9.17, 15) is 9.90 Å². The molecule has 5 nitrogen and oxygen atoms in total. The van der Waals surface area contributed by atoms with Gasteiger partial charge in [0.25, 0.3) is 5.91 Å². The molecule has 1 aliphatic heterocycles. The van der Waals surface area contributed by atoms with Crippen molar-refractivity contribution in [2.24, 2.45) is 5.92 Å². The lowest BCUT2D eigenvalue weighted by atomic mass is 9.99. The molecule has 1 aromatic heterocycles. The molecule has 2 heterocycles. The number of nitrogens with one attached hydrogen (secondary N) is 1. The number of carbonyl (C=O) groups is 1. The lowest BCUT2D eigenvalue weighted by molar-refractivity contribution is 0.0795. The summed E-state index contributed by atoms with van der Waals surface area (Å²) >= 11 is 0. The van der Waals surface area contributed by atoms with Crippen molar-refractivity contribution in [1.82, 2.24) is 14.8 Å². The van der Waals surface area contributed by atoms with Crippen molar-refractivity contribution in [2.75, 3.05) is 26.2 Å². The van der Waals surface area contributed by atoms with Gasteiger partial charge in [-0.1, -0.05) is 6.92 Å². The zero-order valence-corrected chi connectivity index (χ0v) is 14.8. The normalized spacial score (nSPS) is 17.4. The summed E-state index contributed by atoms with van der Waals surface area (Å²) in [6.45, 7) is 5.25. The van der Waals surface area contributed by atoms with Crippen molar-refractivity contribution in [3.63, 3.8) is 0 Å². The van der Waals surface area contributed by atoms with E-state index in [1.807, 2.05) is 53.4 Å². The minimum atomic E-state index is -0.531. The third-order valence-corrected chi connectivity index (χ3v) is 4.88. The Morgan fingerprint density at radius 2 is 1.84 bits per heavy atom. The van der Waals surface area contributed by atoms with Crippen LogP contribution in [0, 0.1) is 5.92 Å². The Morgan fingerprint density at radius 3 is 2.48 bits per heavy atom. The number of hydrogen-bond donors (Lipinski definition) is 2. The molecule has 1 atom stereocenters. The van der Waals surface area contributed by atoms with Crippen molar-refractivity contribution in [3.05, 3.63) is 54.4 Å². The maximum absolute atomic E-state index is 12.2. The van der Waals surface area contributed by atoms with E-state index in [2.05, 4.69) is 17.1 Å². The second-order valence-electron chi connectivity index (χ2n) is 6.98. The van der Waals surface area contributed by atoms with Gasteiger partial charge in [-0.2, -0.15) is 0 Å². The van der Waals surface area contributed by atoms with Gasteiger partial charge in [-0.15, -0.1) is 0 Å². The zero-order valence-electron chi connectivity index (χ0n) is 14.8. The Kier molecular flexibility index (Phi) is 5.89. The van der Waals surface area contributed by atoms with E-state index in [4.69, 9.17) is 0 Å². The summed E-state index contributed by atoms with van der Waals surface area (Å²) < 4.78 is 1.99. The minimum absolute atomic E-state index is 0.148. The van der Waals surface area contributed by atoms with Crippen LogP contribution < -0.4 is 5.32 Å². The minimum Gasteiger partial charge on any atom is -0.390 e. The molecular formula is C20H27N3O2. The highest BCUT2D eigenvalue weighted by Gasteiger charge is 2.18. The van der Waals surface area contributed by atoms with Gasteiger partial charge in [0.05, 0.1) is 6.10 Å². The van der Waals surface area contributed by atoms with Crippen molar-refractivity contribution in [3.8, 4) is 5.69 Å². The number of aliphatic hydroxyl groups excluding tert-OH is 1. The molecule has 0 radical (unpaired) electrons. The largest absolute Gasteiger partial charge is 0.390 e. The number of aliphatic hydroxyl groups is 1. The molecule has 0 aliphatic carbocycles. The molecule has 2 N–H and O–H groups in total. The van der Waals surface area contributed by atoms with Gasteiger partial charge in [0.2, 0.25) is 0 Å². The van der Waals surface area contributed by atoms with Crippen LogP contribution in [0.3, 0.4) is 0 Å². The number of benzene rings is 1. The summed E-state index contributed by atoms with van der Waals surface area (Å²) in [7, 11) is 0. The first-order chi connectivity index (χ1) is 12.1. The first-order valence-corrected chi connectivity index (χ1v) is 9.04. The van der Waals surface area contributed by atoms with Crippen LogP contribution >= 0.6 is 0 Å². The van der Waals surface area contributed by atoms with E-state index in [0.29, 0.717) is 12.1 Å². The van der Waals surface area contributed by atoms with Crippen LogP contribution in [0.5, 0.6) is 0 Å². The predicted molar refractivity (Wildman–Crippen MR) is 98.9 cm³/mol. The van der Waals surface area contributed by atoms with Crippen LogP contribution in [0.15, 0.2) is 48.8 Å². The third kappa shape index (κ3) is 4.94. The lowest BCUT2D eigenvalue weighted by Crippen LogP contribution is -2.43. The average Bonchev–Trinajstić information content (AvgIpc) is 3.16. The maximum atomic E-state index is 12.2. The molecule has 1 aliphatic rings. The van der Waals surface area contributed by atoms with Gasteiger partial charge in [-0.05, 0) is 68.2 Å². The first-order valence-electron chi connectivity index (χ1n) is 9.04. The van der Waals surface area contributed by atoms with Crippen molar-refractivity contribution in [2.45, 2.75) is 25.9 Å². The topological polar surface area (TPSA) is 57.5 Å². The van der Waals surface area contributed by atoms with Crippen LogP contribution in [0.4, 0.5) is 0 Å². The number of piperidine rings is 1. The van der Waals surface area contributed by atoms with Gasteiger partial charge >= 0.3 is 0 Å². The van der Waals surface area contributed by atoms with E-state index in [1.54, 1.807) is 0 Å². The SMILES string of the molecule is CC1CCN(CC(O)CNC(=O)c2ccc(-n3cccc3)cc2)CC1. The Bertz CT molecular complexity index is 659. The Morgan fingerprint density at radius 1 is 1.20 bits per heavy atom. The van der Waals surface area contributed by atoms with Crippen LogP contribution in [-0.4, -0.2) is 52.8 Å². The van der Waals surface area contributed by atoms with Gasteiger partial charge in [-0.25, -0.2) is 0 Å². The lowest BCUT2D eigenvalue weighted by Gasteiger charge is -2.31. The molecule has 5 heteroatoms. The van der Waals surface area contributed by atoms with Gasteiger partial charge in [0.1, 0.15) is 0 Å². The molecule has 0 saturated carbocycles. The highest BCUT2D eigenvalue weighted by Crippen LogP contribution is 2.16. The molecule has 1 saturated heterocycles. The summed E-state index contributed by atoms with van der Waals surface area (Å²) in [4.78, 5) is 14.5. The molecule has 1 unspecified atom stereocenters. The van der Waals surface area contributed by atoms with Crippen molar-refractivity contribution >= 4 is 5.91 Å². The summed E-state index contributed by atoms with van der Waals surface area (Å²) in [5, 5.41) is 13.0. The van der Waals surface area contributed by atoms with E-state index < -0.39 is 6.10 Å². The van der Waals surface area contributed by atoms with Gasteiger partial charge in [0, 0.05) is 36.7 Å². The number of nitrogens with zero attached hydrogens (tertiary/aromatic N) is 2. The molecule has 1 fully saturated rings.